The van der Waals surface area contributed by atoms with Crippen LogP contribution in [-0.4, -0.2) is 21.7 Å². The Morgan fingerprint density at radius 3 is 2.53 bits per heavy atom. The Morgan fingerprint density at radius 1 is 1.17 bits per heavy atom. The smallest absolute Gasteiger partial charge is 0.217 e. The van der Waals surface area contributed by atoms with Crippen LogP contribution in [0.5, 0.6) is 5.75 Å². The number of primary amides is 1. The van der Waals surface area contributed by atoms with Gasteiger partial charge in [-0.3, -0.25) is 19.6 Å². The Balaban J connectivity index is 1.51. The molecule has 1 atom stereocenters. The molecule has 30 heavy (non-hydrogen) atoms. The van der Waals surface area contributed by atoms with Crippen LogP contribution in [0.15, 0.2) is 30.6 Å². The maximum Gasteiger partial charge on any atom is 0.217 e. The lowest BCUT2D eigenvalue weighted by atomic mass is 9.76. The van der Waals surface area contributed by atoms with Crippen molar-refractivity contribution in [1.29, 1.82) is 0 Å². The number of halogens is 1. The van der Waals surface area contributed by atoms with Gasteiger partial charge in [0.15, 0.2) is 5.78 Å². The van der Waals surface area contributed by atoms with E-state index < -0.39 is 11.2 Å². The highest BCUT2D eigenvalue weighted by molar-refractivity contribution is 5.95. The molecule has 0 aromatic carbocycles. The highest BCUT2D eigenvalue weighted by Gasteiger charge is 2.44. The largest absolute Gasteiger partial charge is 0.487 e. The predicted molar refractivity (Wildman–Crippen MR) is 108 cm³/mol. The Labute approximate surface area is 175 Å². The number of rotatable bonds is 10. The number of nitrogens with two attached hydrogens (primary N) is 1. The number of carbonyl (C=O) groups is 2. The van der Waals surface area contributed by atoms with Gasteiger partial charge in [0.1, 0.15) is 23.9 Å². The van der Waals surface area contributed by atoms with E-state index in [2.05, 4.69) is 9.97 Å². The molecule has 2 aliphatic rings. The molecule has 2 heterocycles. The molecule has 2 N–H and O–H groups in total. The van der Waals surface area contributed by atoms with Crippen LogP contribution in [0.4, 0.5) is 4.39 Å². The third kappa shape index (κ3) is 4.83. The predicted octanol–water partition coefficient (Wildman–Crippen LogP) is 3.94. The van der Waals surface area contributed by atoms with Gasteiger partial charge in [0.05, 0.1) is 11.9 Å². The number of ether oxygens (including phenoxy) is 1. The molecule has 4 rings (SSSR count). The lowest BCUT2D eigenvalue weighted by Crippen LogP contribution is -2.30. The zero-order chi connectivity index (χ0) is 21.3. The molecule has 1 unspecified atom stereocenters. The van der Waals surface area contributed by atoms with Crippen LogP contribution >= 0.6 is 0 Å². The summed E-state index contributed by atoms with van der Waals surface area (Å²) in [5.74, 6) is 0.459. The first kappa shape index (κ1) is 20.4. The van der Waals surface area contributed by atoms with Crippen molar-refractivity contribution in [2.75, 3.05) is 0 Å². The average Bonchev–Trinajstić information content (AvgIpc) is 3.59. The van der Waals surface area contributed by atoms with Crippen LogP contribution in [-0.2, 0) is 11.4 Å². The molecule has 0 spiro atoms. The molecule has 0 radical (unpaired) electrons. The van der Waals surface area contributed by atoms with E-state index in [9.17, 15) is 14.0 Å². The van der Waals surface area contributed by atoms with Crippen LogP contribution in [0, 0.1) is 17.2 Å². The number of Topliss-reactive ketones (excluding diaryl/α,β-unsaturated/α-hetero) is 1. The van der Waals surface area contributed by atoms with Crippen molar-refractivity contribution in [2.24, 2.45) is 17.1 Å². The summed E-state index contributed by atoms with van der Waals surface area (Å²) >= 11 is 0. The molecule has 7 heteroatoms. The maximum atomic E-state index is 13.1. The van der Waals surface area contributed by atoms with Gasteiger partial charge in [-0.25, -0.2) is 4.39 Å². The molecule has 0 saturated heterocycles. The van der Waals surface area contributed by atoms with Gasteiger partial charge in [-0.05, 0) is 55.1 Å². The van der Waals surface area contributed by atoms with Gasteiger partial charge in [0, 0.05) is 30.7 Å². The monoisotopic (exact) mass is 411 g/mol. The Morgan fingerprint density at radius 2 is 1.93 bits per heavy atom. The third-order valence-corrected chi connectivity index (χ3v) is 6.07. The number of amides is 1. The summed E-state index contributed by atoms with van der Waals surface area (Å²) in [7, 11) is 0. The van der Waals surface area contributed by atoms with E-state index in [0.717, 1.165) is 37.4 Å². The minimum Gasteiger partial charge on any atom is -0.487 e. The summed E-state index contributed by atoms with van der Waals surface area (Å²) in [6, 6.07) is 4.60. The van der Waals surface area contributed by atoms with Crippen molar-refractivity contribution < 1.29 is 18.7 Å². The van der Waals surface area contributed by atoms with Gasteiger partial charge in [0.2, 0.25) is 5.91 Å². The third-order valence-electron chi connectivity index (χ3n) is 6.07. The fourth-order valence-electron chi connectivity index (χ4n) is 4.06. The summed E-state index contributed by atoms with van der Waals surface area (Å²) < 4.78 is 19.0. The number of hydrogen-bond acceptors (Lipinski definition) is 5. The Hall–Kier alpha value is -2.83. The van der Waals surface area contributed by atoms with E-state index in [1.807, 2.05) is 6.92 Å². The number of hydrogen-bond donors (Lipinski definition) is 1. The standard InChI is InChI=1S/C23H26FN3O3/c1-23(10-22(25)29,15-4-5-15)9-20(28)19-8-21(18(12-27-19)14-2-3-14)30-13-17-7-6-16(24)11-26-17/h6-8,11-12,14-15H,2-5,9-10,13H2,1H3,(H2,25,29). The van der Waals surface area contributed by atoms with Gasteiger partial charge < -0.3 is 10.5 Å². The second-order valence-electron chi connectivity index (χ2n) is 8.81. The summed E-state index contributed by atoms with van der Waals surface area (Å²) in [6.45, 7) is 2.14. The molecule has 2 aromatic rings. The minimum atomic E-state index is -0.432. The number of pyridine rings is 2. The van der Waals surface area contributed by atoms with Crippen LogP contribution in [0.25, 0.3) is 0 Å². The summed E-state index contributed by atoms with van der Waals surface area (Å²) in [5.41, 5.74) is 6.92. The second-order valence-corrected chi connectivity index (χ2v) is 8.81. The molecular formula is C23H26FN3O3. The van der Waals surface area contributed by atoms with E-state index >= 15 is 0 Å². The topological polar surface area (TPSA) is 95.2 Å². The van der Waals surface area contributed by atoms with Gasteiger partial charge in [-0.2, -0.15) is 0 Å². The van der Waals surface area contributed by atoms with E-state index in [0.29, 0.717) is 29.0 Å². The van der Waals surface area contributed by atoms with Gasteiger partial charge >= 0.3 is 0 Å². The lowest BCUT2D eigenvalue weighted by Gasteiger charge is -2.27. The Bertz CT molecular complexity index is 955. The number of aromatic nitrogens is 2. The fourth-order valence-corrected chi connectivity index (χ4v) is 4.06. The van der Waals surface area contributed by atoms with Crippen molar-refractivity contribution in [1.82, 2.24) is 9.97 Å². The fraction of sp³-hybridized carbons (Fsp3) is 0.478. The van der Waals surface area contributed by atoms with Crippen LogP contribution in [0.1, 0.15) is 73.1 Å². The van der Waals surface area contributed by atoms with Crippen LogP contribution < -0.4 is 10.5 Å². The number of nitrogens with zero attached hydrogens (tertiary/aromatic N) is 2. The van der Waals surface area contributed by atoms with Gasteiger partial charge in [-0.1, -0.05) is 6.92 Å². The van der Waals surface area contributed by atoms with Crippen molar-refractivity contribution in [2.45, 2.75) is 58.0 Å². The minimum absolute atomic E-state index is 0.113. The molecular weight excluding hydrogens is 385 g/mol. The first-order valence-electron chi connectivity index (χ1n) is 10.4. The van der Waals surface area contributed by atoms with Crippen LogP contribution in [0.3, 0.4) is 0 Å². The van der Waals surface area contributed by atoms with Crippen molar-refractivity contribution in [3.63, 3.8) is 0 Å². The molecule has 0 aliphatic heterocycles. The highest BCUT2D eigenvalue weighted by Crippen LogP contribution is 2.50. The average molecular weight is 411 g/mol. The molecule has 2 aromatic heterocycles. The zero-order valence-electron chi connectivity index (χ0n) is 17.1. The molecule has 158 valence electrons. The van der Waals surface area contributed by atoms with Gasteiger partial charge in [-0.15, -0.1) is 0 Å². The summed E-state index contributed by atoms with van der Waals surface area (Å²) in [5, 5.41) is 0. The number of ketones is 1. The van der Waals surface area contributed by atoms with E-state index in [1.165, 1.54) is 6.07 Å². The quantitative estimate of drug-likeness (QED) is 0.598. The molecule has 6 nitrogen and oxygen atoms in total. The summed E-state index contributed by atoms with van der Waals surface area (Å²) in [4.78, 5) is 33.0. The summed E-state index contributed by atoms with van der Waals surface area (Å²) in [6.07, 6.45) is 7.48. The maximum absolute atomic E-state index is 13.1. The first-order valence-corrected chi connectivity index (χ1v) is 10.4. The second kappa shape index (κ2) is 8.13. The number of carbonyl (C=O) groups excluding carboxylic acids is 2. The van der Waals surface area contributed by atoms with E-state index in [4.69, 9.17) is 10.5 Å². The van der Waals surface area contributed by atoms with Crippen LogP contribution in [0.2, 0.25) is 0 Å². The van der Waals surface area contributed by atoms with E-state index in [1.54, 1.807) is 18.3 Å². The lowest BCUT2D eigenvalue weighted by molar-refractivity contribution is -0.120. The molecule has 2 aliphatic carbocycles. The molecule has 2 fully saturated rings. The molecule has 0 bridgehead atoms. The molecule has 1 amide bonds. The first-order chi connectivity index (χ1) is 14.3. The normalized spacial score (nSPS) is 17.9. The van der Waals surface area contributed by atoms with E-state index in [-0.39, 0.29) is 31.1 Å². The molecule has 2 saturated carbocycles. The van der Waals surface area contributed by atoms with Crippen molar-refractivity contribution in [3.8, 4) is 5.75 Å². The Kier molecular flexibility index (Phi) is 5.54. The van der Waals surface area contributed by atoms with Crippen molar-refractivity contribution in [3.05, 3.63) is 53.4 Å². The zero-order valence-corrected chi connectivity index (χ0v) is 17.1. The highest BCUT2D eigenvalue weighted by atomic mass is 19.1. The SMILES string of the molecule is CC(CC(N)=O)(CC(=O)c1cc(OCc2ccc(F)cn2)c(C2CC2)cn1)C1CC1. The van der Waals surface area contributed by atoms with Gasteiger partial charge in [0.25, 0.3) is 0 Å². The van der Waals surface area contributed by atoms with Crippen molar-refractivity contribution >= 4 is 11.7 Å².